The van der Waals surface area contributed by atoms with Gasteiger partial charge in [-0.25, -0.2) is 18.7 Å². The predicted molar refractivity (Wildman–Crippen MR) is 186 cm³/mol. The highest BCUT2D eigenvalue weighted by Crippen LogP contribution is 2.46. The van der Waals surface area contributed by atoms with Crippen LogP contribution in [0.1, 0.15) is 85.0 Å². The van der Waals surface area contributed by atoms with Gasteiger partial charge in [-0.15, -0.1) is 0 Å². The van der Waals surface area contributed by atoms with Crippen LogP contribution in [0, 0.1) is 0 Å². The van der Waals surface area contributed by atoms with E-state index in [4.69, 9.17) is 9.47 Å². The molecule has 15 heteroatoms. The molecular weight excluding hydrogens is 675 g/mol. The van der Waals surface area contributed by atoms with Gasteiger partial charge in [0, 0.05) is 42.4 Å². The lowest BCUT2D eigenvalue weighted by atomic mass is 9.92. The van der Waals surface area contributed by atoms with Crippen LogP contribution >= 0.6 is 0 Å². The molecule has 4 rings (SSSR count). The van der Waals surface area contributed by atoms with Gasteiger partial charge in [0.15, 0.2) is 11.0 Å². The first kappa shape index (κ1) is 37.8. The smallest absolute Gasteiger partial charge is 0.338 e. The quantitative estimate of drug-likeness (QED) is 0.119. The maximum absolute atomic E-state index is 12.6. The fourth-order valence-corrected chi connectivity index (χ4v) is 7.35. The molecule has 13 nitrogen and oxygen atoms in total. The number of carbonyl (C=O) groups is 2. The summed E-state index contributed by atoms with van der Waals surface area (Å²) >= 11 is 0. The number of likely N-dealkylation sites (N-methyl/N-ethyl adjacent to an activating group) is 1. The van der Waals surface area contributed by atoms with Crippen LogP contribution in [0.2, 0.25) is 0 Å². The van der Waals surface area contributed by atoms with Crippen molar-refractivity contribution in [1.82, 2.24) is 4.57 Å². The fraction of sp³-hybridized carbons (Fsp3) is 0.441. The Hall–Kier alpha value is -4.05. The molecule has 0 saturated heterocycles. The van der Waals surface area contributed by atoms with Crippen LogP contribution in [-0.2, 0) is 42.8 Å². The number of ether oxygens (including phenoxy) is 2. The zero-order chi connectivity index (χ0) is 35.9. The Labute approximate surface area is 287 Å². The van der Waals surface area contributed by atoms with Crippen molar-refractivity contribution in [3.8, 4) is 0 Å². The number of hydrogen-bond acceptors (Lipinski definition) is 9. The number of allylic oxidation sites excluding steroid dienone is 3. The Kier molecular flexibility index (Phi) is 12.4. The van der Waals surface area contributed by atoms with Gasteiger partial charge in [0.05, 0.1) is 48.9 Å². The van der Waals surface area contributed by atoms with E-state index in [0.717, 1.165) is 28.3 Å². The number of imidazole rings is 1. The van der Waals surface area contributed by atoms with Gasteiger partial charge in [-0.3, -0.25) is 9.11 Å². The number of hydrogen-bond donors (Lipinski definition) is 2. The maximum atomic E-state index is 12.6. The van der Waals surface area contributed by atoms with Gasteiger partial charge in [0.1, 0.15) is 0 Å². The van der Waals surface area contributed by atoms with Gasteiger partial charge in [-0.2, -0.15) is 16.8 Å². The number of fused-ring (bicyclic) bond motifs is 2. The van der Waals surface area contributed by atoms with Crippen molar-refractivity contribution in [2.75, 3.05) is 36.2 Å². The minimum absolute atomic E-state index is 0.120. The minimum Gasteiger partial charge on any atom is -0.462 e. The molecular formula is C34H44N3O10S2+. The van der Waals surface area contributed by atoms with Crippen molar-refractivity contribution < 1.29 is 49.6 Å². The van der Waals surface area contributed by atoms with Crippen molar-refractivity contribution in [3.63, 3.8) is 0 Å². The summed E-state index contributed by atoms with van der Waals surface area (Å²) in [6, 6.07) is 10.5. The van der Waals surface area contributed by atoms with E-state index in [-0.39, 0.29) is 38.5 Å². The van der Waals surface area contributed by atoms with Gasteiger partial charge in [0.2, 0.25) is 0 Å². The molecule has 1 atom stereocenters. The summed E-state index contributed by atoms with van der Waals surface area (Å²) in [6.45, 7) is 9.20. The second-order valence-corrected chi connectivity index (χ2v) is 14.6. The Bertz CT molecular complexity index is 1980. The van der Waals surface area contributed by atoms with Crippen molar-refractivity contribution in [1.29, 1.82) is 0 Å². The van der Waals surface area contributed by atoms with Gasteiger partial charge in [0.25, 0.3) is 26.1 Å². The van der Waals surface area contributed by atoms with E-state index in [1.807, 2.05) is 53.3 Å². The summed E-state index contributed by atoms with van der Waals surface area (Å²) in [7, 11) is -8.37. The highest BCUT2D eigenvalue weighted by Gasteiger charge is 2.33. The molecule has 1 unspecified atom stereocenters. The second-order valence-electron chi connectivity index (χ2n) is 11.5. The summed E-state index contributed by atoms with van der Waals surface area (Å²) in [4.78, 5) is 27.3. The van der Waals surface area contributed by atoms with Gasteiger partial charge >= 0.3 is 11.9 Å². The lowest BCUT2D eigenvalue weighted by Crippen LogP contribution is -2.35. The standard InChI is InChI=1S/C34H43N3O10S2/c1-5-35-28(26(12-10-20-48(40,41)42)27-22-24(15-17-29(27)35)33(38)46-7-3)13-9-14-32-36(6-2)30-18-16-25(34(39)47-8-4)23-31(30)37(32)19-11-21-49(43,44)45/h9,13-18,22-23,26H,5-8,10-12,19-21H2,1-4H3,(H-,40,41,42,43,44,45)/p+1. The van der Waals surface area contributed by atoms with E-state index >= 15 is 0 Å². The number of rotatable bonds is 16. The predicted octanol–water partition coefficient (Wildman–Crippen LogP) is 4.77. The van der Waals surface area contributed by atoms with E-state index in [1.165, 1.54) is 0 Å². The van der Waals surface area contributed by atoms with E-state index in [0.29, 0.717) is 36.2 Å². The van der Waals surface area contributed by atoms with Crippen LogP contribution in [-0.4, -0.2) is 73.7 Å². The maximum Gasteiger partial charge on any atom is 0.338 e. The average molecular weight is 719 g/mol. The van der Waals surface area contributed by atoms with Crippen LogP contribution in [0.3, 0.4) is 0 Å². The van der Waals surface area contributed by atoms with Gasteiger partial charge in [-0.05, 0) is 82.5 Å². The summed E-state index contributed by atoms with van der Waals surface area (Å²) in [5, 5.41) is 0. The molecule has 2 heterocycles. The largest absolute Gasteiger partial charge is 0.462 e. The van der Waals surface area contributed by atoms with E-state index in [1.54, 1.807) is 38.1 Å². The minimum atomic E-state index is -4.20. The van der Waals surface area contributed by atoms with E-state index in [9.17, 15) is 35.5 Å². The first-order valence-electron chi connectivity index (χ1n) is 16.3. The third-order valence-corrected chi connectivity index (χ3v) is 9.93. The van der Waals surface area contributed by atoms with Crippen LogP contribution in [0.4, 0.5) is 5.69 Å². The molecule has 2 N–H and O–H groups in total. The summed E-state index contributed by atoms with van der Waals surface area (Å²) in [5.74, 6) is -1.35. The molecule has 266 valence electrons. The SMILES string of the molecule is CCOC(=O)c1ccc2c(c1)C(CCCS(=O)(=O)O)/C(=C\C=C\c1n(CCCS(=O)(=O)O)c3cc(C(=O)OCC)ccc3[n+]1CC)N2CC. The van der Waals surface area contributed by atoms with Gasteiger partial charge in [-0.1, -0.05) is 6.08 Å². The third kappa shape index (κ3) is 9.15. The normalized spacial score (nSPS) is 15.8. The highest BCUT2D eigenvalue weighted by molar-refractivity contribution is 7.86. The molecule has 0 aliphatic carbocycles. The number of aryl methyl sites for hydroxylation is 2. The Morgan fingerprint density at radius 3 is 2.08 bits per heavy atom. The number of esters is 2. The first-order valence-corrected chi connectivity index (χ1v) is 19.5. The molecule has 49 heavy (non-hydrogen) atoms. The monoisotopic (exact) mass is 718 g/mol. The number of carbonyl (C=O) groups excluding carboxylic acids is 2. The molecule has 1 aromatic heterocycles. The highest BCUT2D eigenvalue weighted by atomic mass is 32.2. The summed E-state index contributed by atoms with van der Waals surface area (Å²) < 4.78 is 79.4. The average Bonchev–Trinajstić information content (AvgIpc) is 3.50. The molecule has 0 bridgehead atoms. The van der Waals surface area contributed by atoms with Gasteiger partial charge < -0.3 is 14.4 Å². The zero-order valence-electron chi connectivity index (χ0n) is 28.2. The van der Waals surface area contributed by atoms with E-state index < -0.39 is 43.7 Å². The molecule has 1 aliphatic heterocycles. The first-order chi connectivity index (χ1) is 23.2. The Morgan fingerprint density at radius 1 is 0.878 bits per heavy atom. The zero-order valence-corrected chi connectivity index (χ0v) is 29.8. The summed E-state index contributed by atoms with van der Waals surface area (Å²) in [5.41, 5.74) is 4.82. The van der Waals surface area contributed by atoms with Crippen LogP contribution in [0.25, 0.3) is 17.1 Å². The van der Waals surface area contributed by atoms with Crippen molar-refractivity contribution >= 4 is 55.0 Å². The molecule has 0 amide bonds. The molecule has 0 spiro atoms. The number of nitrogens with zero attached hydrogens (tertiary/aromatic N) is 3. The number of aromatic nitrogens is 2. The second kappa shape index (κ2) is 16.1. The van der Waals surface area contributed by atoms with Crippen molar-refractivity contribution in [2.24, 2.45) is 0 Å². The fourth-order valence-electron chi connectivity index (χ4n) is 6.33. The van der Waals surface area contributed by atoms with Crippen molar-refractivity contribution in [2.45, 2.75) is 66.0 Å². The van der Waals surface area contributed by atoms with Crippen LogP contribution < -0.4 is 9.47 Å². The molecule has 0 saturated carbocycles. The molecule has 0 radical (unpaired) electrons. The lowest BCUT2D eigenvalue weighted by molar-refractivity contribution is -0.670. The third-order valence-electron chi connectivity index (χ3n) is 8.32. The van der Waals surface area contributed by atoms with E-state index in [2.05, 4.69) is 4.90 Å². The Balaban J connectivity index is 1.82. The molecule has 3 aromatic rings. The molecule has 2 aromatic carbocycles. The molecule has 0 fully saturated rings. The number of anilines is 1. The Morgan fingerprint density at radius 2 is 1.49 bits per heavy atom. The van der Waals surface area contributed by atoms with Crippen LogP contribution in [0.5, 0.6) is 0 Å². The number of benzene rings is 2. The van der Waals surface area contributed by atoms with Crippen molar-refractivity contribution in [3.05, 3.63) is 76.8 Å². The molecule has 1 aliphatic rings. The summed E-state index contributed by atoms with van der Waals surface area (Å²) in [6.07, 6.45) is 6.36. The topological polar surface area (TPSA) is 173 Å². The lowest BCUT2D eigenvalue weighted by Gasteiger charge is -2.21. The van der Waals surface area contributed by atoms with Crippen LogP contribution in [0.15, 0.2) is 54.2 Å².